The minimum atomic E-state index is -1.57. The second kappa shape index (κ2) is 22.5. The van der Waals surface area contributed by atoms with E-state index in [-0.39, 0.29) is 56.7 Å². The van der Waals surface area contributed by atoms with Gasteiger partial charge in [-0.05, 0) is 67.1 Å². The number of nitrogens with one attached hydrogen (secondary N) is 4. The van der Waals surface area contributed by atoms with Gasteiger partial charge in [0.1, 0.15) is 48.2 Å². The Kier molecular flexibility index (Phi) is 18.0. The highest BCUT2D eigenvalue weighted by molar-refractivity contribution is 6.02. The first-order valence-corrected chi connectivity index (χ1v) is 22.9. The van der Waals surface area contributed by atoms with Gasteiger partial charge in [0.05, 0.1) is 12.0 Å². The number of aromatic hydroxyl groups is 1. The number of fused-ring (bicyclic) bond motifs is 3. The lowest BCUT2D eigenvalue weighted by Gasteiger charge is -2.45. The zero-order valence-corrected chi connectivity index (χ0v) is 39.2. The van der Waals surface area contributed by atoms with Crippen LogP contribution in [0.3, 0.4) is 0 Å². The van der Waals surface area contributed by atoms with Crippen LogP contribution in [0.4, 0.5) is 0 Å². The van der Waals surface area contributed by atoms with Crippen LogP contribution in [-0.4, -0.2) is 140 Å². The first-order chi connectivity index (χ1) is 30.5. The molecule has 19 heteroatoms. The number of nitrogens with zero attached hydrogens (tertiary/aromatic N) is 3. The van der Waals surface area contributed by atoms with Crippen molar-refractivity contribution in [3.8, 4) is 5.75 Å². The SMILES string of the molecule is CCC(C)[C@@H]1NC(=O)[C@H](Cc2ccc(O)cc2)N(C)C(=O)[C@H](C(C)CC)N2C(=O)C(CCC2O)NC(=O)[C@H](CC(C)C)NC(=O)C2C(C1=O)C(C)CN2C(=O)[C@H](CCC(N)=O)NC(C)=O. The smallest absolute Gasteiger partial charge is 0.247 e. The third-order valence-electron chi connectivity index (χ3n) is 13.3. The van der Waals surface area contributed by atoms with Crippen molar-refractivity contribution in [2.24, 2.45) is 35.3 Å². The molecule has 0 saturated carbocycles. The molecule has 360 valence electrons. The Morgan fingerprint density at radius 2 is 1.51 bits per heavy atom. The zero-order valence-electron chi connectivity index (χ0n) is 39.2. The molecule has 1 aromatic carbocycles. The normalized spacial score (nSPS) is 28.6. The number of nitrogens with two attached hydrogens (primary N) is 1. The summed E-state index contributed by atoms with van der Waals surface area (Å²) < 4.78 is 0. The van der Waals surface area contributed by atoms with Crippen molar-refractivity contribution in [1.82, 2.24) is 36.0 Å². The summed E-state index contributed by atoms with van der Waals surface area (Å²) in [4.78, 5) is 131. The molecule has 3 fully saturated rings. The fourth-order valence-corrected chi connectivity index (χ4v) is 9.26. The predicted octanol–water partition coefficient (Wildman–Crippen LogP) is 0.480. The number of carbonyl (C=O) groups excluding carboxylic acids is 9. The molecular formula is C46H70N8O11. The van der Waals surface area contributed by atoms with Gasteiger partial charge in [-0.2, -0.15) is 0 Å². The van der Waals surface area contributed by atoms with Gasteiger partial charge < -0.3 is 51.9 Å². The lowest BCUT2D eigenvalue weighted by molar-refractivity contribution is -0.168. The maximum absolute atomic E-state index is 15.3. The number of primary amides is 1. The van der Waals surface area contributed by atoms with E-state index in [1.165, 1.54) is 35.9 Å². The molecule has 0 aromatic heterocycles. The van der Waals surface area contributed by atoms with Gasteiger partial charge >= 0.3 is 0 Å². The molecule has 3 saturated heterocycles. The number of aliphatic hydroxyl groups is 1. The summed E-state index contributed by atoms with van der Waals surface area (Å²) >= 11 is 0. The van der Waals surface area contributed by atoms with Gasteiger partial charge in [0.2, 0.25) is 47.3 Å². The Morgan fingerprint density at radius 1 is 0.877 bits per heavy atom. The summed E-state index contributed by atoms with van der Waals surface area (Å²) in [6.07, 6.45) is -1.20. The monoisotopic (exact) mass is 911 g/mol. The summed E-state index contributed by atoms with van der Waals surface area (Å²) in [6, 6.07) is -3.26. The first-order valence-electron chi connectivity index (χ1n) is 22.9. The minimum absolute atomic E-state index is 0.000436. The number of carbonyl (C=O) groups is 9. The van der Waals surface area contributed by atoms with E-state index in [9.17, 15) is 48.6 Å². The third kappa shape index (κ3) is 12.4. The van der Waals surface area contributed by atoms with E-state index < -0.39 is 125 Å². The average Bonchev–Trinajstić information content (AvgIpc) is 3.60. The van der Waals surface area contributed by atoms with Crippen LogP contribution >= 0.6 is 0 Å². The highest BCUT2D eigenvalue weighted by Gasteiger charge is 2.54. The van der Waals surface area contributed by atoms with E-state index >= 15 is 4.79 Å². The number of likely N-dealkylation sites (tertiary alicyclic amines) is 1. The molecule has 3 aliphatic rings. The maximum Gasteiger partial charge on any atom is 0.247 e. The van der Waals surface area contributed by atoms with Crippen LogP contribution in [0.1, 0.15) is 106 Å². The molecule has 12 atom stereocenters. The van der Waals surface area contributed by atoms with Crippen molar-refractivity contribution in [2.45, 2.75) is 155 Å². The van der Waals surface area contributed by atoms with Crippen molar-refractivity contribution >= 4 is 53.0 Å². The Bertz CT molecular complexity index is 1940. The highest BCUT2D eigenvalue weighted by Crippen LogP contribution is 2.35. The first kappa shape index (κ1) is 52.0. The Balaban J connectivity index is 1.96. The second-order valence-electron chi connectivity index (χ2n) is 18.7. The molecule has 3 aliphatic heterocycles. The van der Waals surface area contributed by atoms with Crippen molar-refractivity contribution in [3.05, 3.63) is 29.8 Å². The predicted molar refractivity (Wildman–Crippen MR) is 238 cm³/mol. The van der Waals surface area contributed by atoms with E-state index in [1.54, 1.807) is 32.9 Å². The third-order valence-corrected chi connectivity index (χ3v) is 13.3. The Morgan fingerprint density at radius 3 is 2.08 bits per heavy atom. The van der Waals surface area contributed by atoms with E-state index in [1.807, 2.05) is 27.7 Å². The number of phenolic OH excluding ortho intramolecular Hbond substituents is 1. The molecule has 1 aromatic rings. The van der Waals surface area contributed by atoms with Crippen LogP contribution in [-0.2, 0) is 49.6 Å². The number of hydrogen-bond acceptors (Lipinski definition) is 11. The van der Waals surface area contributed by atoms with Crippen LogP contribution < -0.4 is 27.0 Å². The summed E-state index contributed by atoms with van der Waals surface area (Å²) in [7, 11) is 1.41. The maximum atomic E-state index is 15.3. The topological polar surface area (TPSA) is 278 Å². The molecule has 65 heavy (non-hydrogen) atoms. The number of ketones is 1. The summed E-state index contributed by atoms with van der Waals surface area (Å²) in [5.74, 6) is -9.74. The largest absolute Gasteiger partial charge is 0.508 e. The van der Waals surface area contributed by atoms with Crippen LogP contribution in [0.2, 0.25) is 0 Å². The number of amides is 8. The van der Waals surface area contributed by atoms with Crippen LogP contribution in [0.5, 0.6) is 5.75 Å². The molecule has 3 heterocycles. The van der Waals surface area contributed by atoms with Gasteiger partial charge in [0.25, 0.3) is 0 Å². The molecule has 0 aliphatic carbocycles. The number of Topliss-reactive ketones (excluding diaryl/α,β-unsaturated/α-hetero) is 1. The zero-order chi connectivity index (χ0) is 48.6. The van der Waals surface area contributed by atoms with Gasteiger partial charge in [0, 0.05) is 33.4 Å². The number of aliphatic hydroxyl groups excluding tert-OH is 1. The van der Waals surface area contributed by atoms with Crippen molar-refractivity contribution in [2.75, 3.05) is 13.6 Å². The lowest BCUT2D eigenvalue weighted by Crippen LogP contribution is -2.66. The lowest BCUT2D eigenvalue weighted by atomic mass is 9.80. The number of piperidine rings is 1. The number of benzene rings is 1. The fraction of sp³-hybridized carbons (Fsp3) is 0.674. The molecule has 0 radical (unpaired) electrons. The molecule has 7 unspecified atom stereocenters. The van der Waals surface area contributed by atoms with Gasteiger partial charge in [-0.25, -0.2) is 0 Å². The van der Waals surface area contributed by atoms with Gasteiger partial charge in [-0.15, -0.1) is 0 Å². The van der Waals surface area contributed by atoms with E-state index in [4.69, 9.17) is 5.73 Å². The standard InChI is InChI=1S/C46H70N8O11/c1-10-24(5)37-40(59)36-26(7)22-53(44(63)30(48-27(8)55)16-18-34(47)57)39(36)43(62)50-32(20-23(3)4)41(60)49-31-17-19-35(58)54(45(31)64)38(25(6)11-2)46(65)52(9)33(42(61)51-37)21-28-12-14-29(56)15-13-28/h12-15,23-26,30-33,35-39,56,58H,10-11,16-22H2,1-9H3,(H2,47,57)(H,48,55)(H,49,60)(H,50,62)(H,51,61)/t24?,25?,26?,30-,31?,32-,33-,35?,36?,37-,38-,39?/m0/s1. The van der Waals surface area contributed by atoms with Crippen LogP contribution in [0, 0.1) is 29.6 Å². The Hall–Kier alpha value is -5.59. The minimum Gasteiger partial charge on any atom is -0.508 e. The van der Waals surface area contributed by atoms with E-state index in [2.05, 4.69) is 21.3 Å². The summed E-state index contributed by atoms with van der Waals surface area (Å²) in [5.41, 5.74) is 5.96. The van der Waals surface area contributed by atoms with Gasteiger partial charge in [0.15, 0.2) is 5.78 Å². The summed E-state index contributed by atoms with van der Waals surface area (Å²) in [6.45, 7) is 13.5. The number of phenols is 1. The number of rotatable bonds is 13. The fourth-order valence-electron chi connectivity index (χ4n) is 9.26. The van der Waals surface area contributed by atoms with Crippen molar-refractivity contribution in [3.63, 3.8) is 0 Å². The molecule has 0 spiro atoms. The second-order valence-corrected chi connectivity index (χ2v) is 18.7. The summed E-state index contributed by atoms with van der Waals surface area (Å²) in [5, 5.41) is 32.5. The molecule has 19 nitrogen and oxygen atoms in total. The van der Waals surface area contributed by atoms with Crippen LogP contribution in [0.15, 0.2) is 24.3 Å². The molecular weight excluding hydrogens is 841 g/mol. The van der Waals surface area contributed by atoms with E-state index in [0.29, 0.717) is 18.4 Å². The number of hydrogen-bond donors (Lipinski definition) is 7. The average molecular weight is 911 g/mol. The van der Waals surface area contributed by atoms with E-state index in [0.717, 1.165) is 4.90 Å². The number of likely N-dealkylation sites (N-methyl/N-ethyl adjacent to an activating group) is 1. The molecule has 8 amide bonds. The van der Waals surface area contributed by atoms with Gasteiger partial charge in [-0.3, -0.25) is 43.2 Å². The molecule has 4 rings (SSSR count). The van der Waals surface area contributed by atoms with Crippen LogP contribution in [0.25, 0.3) is 0 Å². The Labute approximate surface area is 381 Å². The highest BCUT2D eigenvalue weighted by atomic mass is 16.3. The van der Waals surface area contributed by atoms with Gasteiger partial charge in [-0.1, -0.05) is 73.4 Å². The van der Waals surface area contributed by atoms with Crippen molar-refractivity contribution < 1.29 is 53.4 Å². The quantitative estimate of drug-likeness (QED) is 0.143. The van der Waals surface area contributed by atoms with Crippen molar-refractivity contribution in [1.29, 1.82) is 0 Å². The molecule has 2 bridgehead atoms. The molecule has 8 N–H and O–H groups in total.